The molecule has 35 heavy (non-hydrogen) atoms. The van der Waals surface area contributed by atoms with Crippen molar-refractivity contribution < 1.29 is 19.1 Å². The number of likely N-dealkylation sites (tertiary alicyclic amines) is 1. The highest BCUT2D eigenvalue weighted by Crippen LogP contribution is 2.35. The SMILES string of the molecule is CCN(CC)c1ccc(/C=C2/SC(=O)N(CC(=O)N3CCCC3)C2=O)c(OCc2ccccc2)c1. The molecule has 4 rings (SSSR count). The summed E-state index contributed by atoms with van der Waals surface area (Å²) in [6, 6.07) is 15.8. The average Bonchev–Trinajstić information content (AvgIpc) is 3.50. The van der Waals surface area contributed by atoms with Crippen LogP contribution < -0.4 is 9.64 Å². The predicted octanol–water partition coefficient (Wildman–Crippen LogP) is 4.77. The molecule has 0 unspecified atom stereocenters. The number of thioether (sulfide) groups is 1. The molecule has 8 heteroatoms. The number of ether oxygens (including phenoxy) is 1. The Morgan fingerprint density at radius 2 is 1.77 bits per heavy atom. The largest absolute Gasteiger partial charge is 0.488 e. The van der Waals surface area contributed by atoms with Crippen molar-refractivity contribution in [2.45, 2.75) is 33.3 Å². The van der Waals surface area contributed by atoms with E-state index < -0.39 is 11.1 Å². The van der Waals surface area contributed by atoms with Crippen molar-refractivity contribution >= 4 is 40.6 Å². The Bertz CT molecular complexity index is 1110. The normalized spacial score (nSPS) is 16.9. The number of rotatable bonds is 9. The summed E-state index contributed by atoms with van der Waals surface area (Å²) < 4.78 is 6.18. The van der Waals surface area contributed by atoms with E-state index in [0.29, 0.717) is 35.9 Å². The molecule has 2 aromatic rings. The van der Waals surface area contributed by atoms with Gasteiger partial charge in [0.25, 0.3) is 11.1 Å². The predicted molar refractivity (Wildman–Crippen MR) is 139 cm³/mol. The number of carbonyl (C=O) groups excluding carboxylic acids is 3. The highest BCUT2D eigenvalue weighted by molar-refractivity contribution is 8.18. The van der Waals surface area contributed by atoms with E-state index in [1.807, 2.05) is 48.5 Å². The summed E-state index contributed by atoms with van der Waals surface area (Å²) in [5.41, 5.74) is 2.78. The van der Waals surface area contributed by atoms with Gasteiger partial charge in [0, 0.05) is 43.5 Å². The lowest BCUT2D eigenvalue weighted by molar-refractivity contribution is -0.135. The van der Waals surface area contributed by atoms with Gasteiger partial charge in [-0.05, 0) is 62.2 Å². The number of amides is 3. The summed E-state index contributed by atoms with van der Waals surface area (Å²) >= 11 is 0.866. The highest BCUT2D eigenvalue weighted by Gasteiger charge is 2.37. The molecule has 0 aromatic heterocycles. The summed E-state index contributed by atoms with van der Waals surface area (Å²) in [7, 11) is 0. The van der Waals surface area contributed by atoms with E-state index in [1.165, 1.54) is 0 Å². The molecule has 2 aliphatic heterocycles. The Hall–Kier alpha value is -3.26. The molecule has 2 fully saturated rings. The summed E-state index contributed by atoms with van der Waals surface area (Å²) in [6.45, 7) is 7.46. The zero-order valence-electron chi connectivity index (χ0n) is 20.2. The van der Waals surface area contributed by atoms with Crippen molar-refractivity contribution in [2.24, 2.45) is 0 Å². The van der Waals surface area contributed by atoms with Gasteiger partial charge in [-0.1, -0.05) is 30.3 Å². The van der Waals surface area contributed by atoms with Crippen LogP contribution in [0.5, 0.6) is 5.75 Å². The lowest BCUT2D eigenvalue weighted by Crippen LogP contribution is -2.40. The van der Waals surface area contributed by atoms with Gasteiger partial charge in [-0.3, -0.25) is 19.3 Å². The molecule has 0 aliphatic carbocycles. The maximum atomic E-state index is 13.0. The third-order valence-corrected chi connectivity index (χ3v) is 7.18. The minimum absolute atomic E-state index is 0.179. The van der Waals surface area contributed by atoms with Crippen LogP contribution in [0.3, 0.4) is 0 Å². The minimum atomic E-state index is -0.436. The van der Waals surface area contributed by atoms with Crippen LogP contribution in [0.2, 0.25) is 0 Å². The van der Waals surface area contributed by atoms with Crippen LogP contribution in [-0.2, 0) is 16.2 Å². The first-order chi connectivity index (χ1) is 17.0. The highest BCUT2D eigenvalue weighted by atomic mass is 32.2. The molecule has 0 atom stereocenters. The maximum Gasteiger partial charge on any atom is 0.294 e. The summed E-state index contributed by atoms with van der Waals surface area (Å²) in [5, 5.41) is -0.416. The Morgan fingerprint density at radius 3 is 2.46 bits per heavy atom. The second-order valence-corrected chi connectivity index (χ2v) is 9.52. The lowest BCUT2D eigenvalue weighted by atomic mass is 10.1. The smallest absolute Gasteiger partial charge is 0.294 e. The zero-order chi connectivity index (χ0) is 24.8. The maximum absolute atomic E-state index is 13.0. The quantitative estimate of drug-likeness (QED) is 0.469. The Kier molecular flexibility index (Phi) is 8.13. The van der Waals surface area contributed by atoms with Crippen LogP contribution in [0.4, 0.5) is 10.5 Å². The van der Waals surface area contributed by atoms with E-state index >= 15 is 0 Å². The van der Waals surface area contributed by atoms with Crippen molar-refractivity contribution in [1.82, 2.24) is 9.80 Å². The molecular formula is C27H31N3O4S. The zero-order valence-corrected chi connectivity index (χ0v) is 21.1. The van der Waals surface area contributed by atoms with Gasteiger partial charge in [-0.15, -0.1) is 0 Å². The van der Waals surface area contributed by atoms with Gasteiger partial charge < -0.3 is 14.5 Å². The monoisotopic (exact) mass is 493 g/mol. The Labute approximate surface area is 210 Å². The van der Waals surface area contributed by atoms with Crippen molar-refractivity contribution in [3.05, 3.63) is 64.6 Å². The first-order valence-corrected chi connectivity index (χ1v) is 12.9. The van der Waals surface area contributed by atoms with E-state index in [2.05, 4.69) is 18.7 Å². The molecule has 2 heterocycles. The van der Waals surface area contributed by atoms with E-state index in [-0.39, 0.29) is 12.5 Å². The van der Waals surface area contributed by atoms with E-state index in [4.69, 9.17) is 4.74 Å². The second kappa shape index (κ2) is 11.4. The van der Waals surface area contributed by atoms with Crippen molar-refractivity contribution in [3.63, 3.8) is 0 Å². The number of anilines is 1. The number of benzene rings is 2. The fraction of sp³-hybridized carbons (Fsp3) is 0.370. The van der Waals surface area contributed by atoms with Crippen LogP contribution in [-0.4, -0.2) is 59.6 Å². The molecule has 7 nitrogen and oxygen atoms in total. The van der Waals surface area contributed by atoms with Gasteiger partial charge in [-0.2, -0.15) is 0 Å². The fourth-order valence-corrected chi connectivity index (χ4v) is 5.10. The van der Waals surface area contributed by atoms with Crippen molar-refractivity contribution in [1.29, 1.82) is 0 Å². The van der Waals surface area contributed by atoms with Gasteiger partial charge in [0.05, 0.1) is 4.91 Å². The molecule has 2 aromatic carbocycles. The lowest BCUT2D eigenvalue weighted by Gasteiger charge is -2.22. The van der Waals surface area contributed by atoms with E-state index in [9.17, 15) is 14.4 Å². The number of hydrogen-bond acceptors (Lipinski definition) is 6. The van der Waals surface area contributed by atoms with E-state index in [0.717, 1.165) is 53.8 Å². The molecule has 0 saturated carbocycles. The number of imide groups is 1. The van der Waals surface area contributed by atoms with E-state index in [1.54, 1.807) is 11.0 Å². The van der Waals surface area contributed by atoms with Crippen LogP contribution in [0.25, 0.3) is 6.08 Å². The summed E-state index contributed by atoms with van der Waals surface area (Å²) in [5.74, 6) is 0.0223. The average molecular weight is 494 g/mol. The summed E-state index contributed by atoms with van der Waals surface area (Å²) in [6.07, 6.45) is 3.61. The second-order valence-electron chi connectivity index (χ2n) is 8.52. The first kappa shape index (κ1) is 24.9. The third kappa shape index (κ3) is 5.88. The van der Waals surface area contributed by atoms with Gasteiger partial charge in [0.1, 0.15) is 18.9 Å². The molecule has 0 spiro atoms. The molecule has 2 aliphatic rings. The third-order valence-electron chi connectivity index (χ3n) is 6.28. The van der Waals surface area contributed by atoms with Gasteiger partial charge in [0.15, 0.2) is 0 Å². The molecule has 0 radical (unpaired) electrons. The van der Waals surface area contributed by atoms with Gasteiger partial charge in [-0.25, -0.2) is 0 Å². The fourth-order valence-electron chi connectivity index (χ4n) is 4.27. The number of nitrogens with zero attached hydrogens (tertiary/aromatic N) is 3. The van der Waals surface area contributed by atoms with Crippen molar-refractivity contribution in [3.8, 4) is 5.75 Å². The molecule has 184 valence electrons. The molecule has 0 N–H and O–H groups in total. The standard InChI is InChI=1S/C27H31N3O4S/c1-3-28(4-2)22-13-12-21(23(17-22)34-19-20-10-6-5-7-11-20)16-24-26(32)30(27(33)35-24)18-25(31)29-14-8-9-15-29/h5-7,10-13,16-17H,3-4,8-9,14-15,18-19H2,1-2H3/b24-16+. The summed E-state index contributed by atoms with van der Waals surface area (Å²) in [4.78, 5) is 43.4. The molecule has 3 amide bonds. The minimum Gasteiger partial charge on any atom is -0.488 e. The Morgan fingerprint density at radius 1 is 1.06 bits per heavy atom. The van der Waals surface area contributed by atoms with Crippen LogP contribution in [0.15, 0.2) is 53.4 Å². The Balaban J connectivity index is 1.57. The molecule has 0 bridgehead atoms. The molecular weight excluding hydrogens is 462 g/mol. The van der Waals surface area contributed by atoms with Crippen LogP contribution in [0.1, 0.15) is 37.8 Å². The van der Waals surface area contributed by atoms with Gasteiger partial charge in [0.2, 0.25) is 5.91 Å². The molecule has 2 saturated heterocycles. The van der Waals surface area contributed by atoms with Crippen LogP contribution >= 0.6 is 11.8 Å². The van der Waals surface area contributed by atoms with Gasteiger partial charge >= 0.3 is 0 Å². The first-order valence-electron chi connectivity index (χ1n) is 12.1. The topological polar surface area (TPSA) is 70.2 Å². The van der Waals surface area contributed by atoms with Crippen LogP contribution in [0, 0.1) is 0 Å². The number of hydrogen-bond donors (Lipinski definition) is 0. The number of carbonyl (C=O) groups is 3. The van der Waals surface area contributed by atoms with Crippen molar-refractivity contribution in [2.75, 3.05) is 37.6 Å².